The summed E-state index contributed by atoms with van der Waals surface area (Å²) in [6.45, 7) is 0. The van der Waals surface area contributed by atoms with E-state index in [0.717, 1.165) is 23.8 Å². The molecular weight excluding hydrogens is 256 g/mol. The molecule has 0 N–H and O–H groups in total. The summed E-state index contributed by atoms with van der Waals surface area (Å²) >= 11 is 0. The molecule has 0 radical (unpaired) electrons. The minimum atomic E-state index is 0.709. The average Bonchev–Trinajstić information content (AvgIpc) is 2.56. The zero-order chi connectivity index (χ0) is 14.5. The maximum absolute atomic E-state index is 10.8. The molecule has 1 heteroatoms. The monoisotopic (exact) mass is 272 g/mol. The lowest BCUT2D eigenvalue weighted by molar-refractivity contribution is 0.112. The zero-order valence-electron chi connectivity index (χ0n) is 11.7. The van der Waals surface area contributed by atoms with Crippen molar-refractivity contribution in [3.05, 3.63) is 95.6 Å². The number of hydrogen-bond donors (Lipinski definition) is 0. The molecule has 0 aliphatic rings. The Balaban J connectivity index is 1.82. The van der Waals surface area contributed by atoms with E-state index in [1.165, 1.54) is 11.1 Å². The van der Waals surface area contributed by atoms with E-state index in [0.29, 0.717) is 5.56 Å². The van der Waals surface area contributed by atoms with E-state index in [9.17, 15) is 4.79 Å². The topological polar surface area (TPSA) is 17.1 Å². The van der Waals surface area contributed by atoms with Crippen molar-refractivity contribution in [1.29, 1.82) is 0 Å². The van der Waals surface area contributed by atoms with Crippen LogP contribution < -0.4 is 0 Å². The molecule has 1 nitrogen and oxygen atoms in total. The van der Waals surface area contributed by atoms with Crippen molar-refractivity contribution in [2.75, 3.05) is 0 Å². The number of carbonyl (C=O) groups is 1. The van der Waals surface area contributed by atoms with Crippen molar-refractivity contribution < 1.29 is 4.79 Å². The third-order valence-electron chi connectivity index (χ3n) is 3.56. The highest BCUT2D eigenvalue weighted by Gasteiger charge is 2.00. The maximum Gasteiger partial charge on any atom is 0.150 e. The molecule has 0 amide bonds. The Bertz CT molecular complexity index is 727. The molecule has 3 aromatic rings. The van der Waals surface area contributed by atoms with Crippen LogP contribution in [0.5, 0.6) is 0 Å². The van der Waals surface area contributed by atoms with Crippen molar-refractivity contribution >= 4 is 6.29 Å². The van der Waals surface area contributed by atoms with Crippen LogP contribution in [0, 0.1) is 0 Å². The van der Waals surface area contributed by atoms with Crippen LogP contribution in [0.1, 0.15) is 21.5 Å². The summed E-state index contributed by atoms with van der Waals surface area (Å²) in [7, 11) is 0. The van der Waals surface area contributed by atoms with E-state index < -0.39 is 0 Å². The summed E-state index contributed by atoms with van der Waals surface area (Å²) in [5, 5.41) is 0. The van der Waals surface area contributed by atoms with E-state index in [-0.39, 0.29) is 0 Å². The molecule has 0 aliphatic carbocycles. The Hall–Kier alpha value is -2.67. The number of carbonyl (C=O) groups excluding carboxylic acids is 1. The number of benzene rings is 3. The summed E-state index contributed by atoms with van der Waals surface area (Å²) < 4.78 is 0. The van der Waals surface area contributed by atoms with Crippen LogP contribution in [0.4, 0.5) is 0 Å². The van der Waals surface area contributed by atoms with Gasteiger partial charge in [0.15, 0.2) is 0 Å². The average molecular weight is 272 g/mol. The molecule has 0 saturated heterocycles. The third kappa shape index (κ3) is 3.26. The lowest BCUT2D eigenvalue weighted by atomic mass is 9.99. The lowest BCUT2D eigenvalue weighted by Crippen LogP contribution is -1.88. The molecule has 0 atom stereocenters. The highest BCUT2D eigenvalue weighted by molar-refractivity contribution is 5.78. The first-order chi connectivity index (χ1) is 10.3. The highest BCUT2D eigenvalue weighted by Crippen LogP contribution is 2.21. The van der Waals surface area contributed by atoms with Gasteiger partial charge in [-0.25, -0.2) is 0 Å². The molecule has 0 fully saturated rings. The molecule has 0 aliphatic heterocycles. The molecule has 0 bridgehead atoms. The smallest absolute Gasteiger partial charge is 0.150 e. The fourth-order valence-corrected chi connectivity index (χ4v) is 2.44. The van der Waals surface area contributed by atoms with Gasteiger partial charge in [-0.15, -0.1) is 0 Å². The molecule has 0 spiro atoms. The fraction of sp³-hybridized carbons (Fsp3) is 0.0500. The van der Waals surface area contributed by atoms with Crippen LogP contribution in [0.25, 0.3) is 11.1 Å². The lowest BCUT2D eigenvalue weighted by Gasteiger charge is -2.05. The van der Waals surface area contributed by atoms with Crippen LogP contribution in [0.3, 0.4) is 0 Å². The van der Waals surface area contributed by atoms with Crippen molar-refractivity contribution in [3.8, 4) is 11.1 Å². The number of rotatable bonds is 4. The molecule has 0 saturated carbocycles. The van der Waals surface area contributed by atoms with Crippen LogP contribution in [-0.4, -0.2) is 6.29 Å². The van der Waals surface area contributed by atoms with Gasteiger partial charge >= 0.3 is 0 Å². The van der Waals surface area contributed by atoms with Gasteiger partial charge in [-0.2, -0.15) is 0 Å². The summed E-state index contributed by atoms with van der Waals surface area (Å²) in [6.07, 6.45) is 1.82. The van der Waals surface area contributed by atoms with E-state index >= 15 is 0 Å². The Kier molecular flexibility index (Phi) is 3.92. The van der Waals surface area contributed by atoms with Gasteiger partial charge in [-0.1, -0.05) is 72.8 Å². The minimum Gasteiger partial charge on any atom is -0.298 e. The largest absolute Gasteiger partial charge is 0.298 e. The molecule has 0 unspecified atom stereocenters. The summed E-state index contributed by atoms with van der Waals surface area (Å²) in [4.78, 5) is 10.8. The van der Waals surface area contributed by atoms with Crippen LogP contribution in [0.2, 0.25) is 0 Å². The second-order valence-corrected chi connectivity index (χ2v) is 5.10. The maximum atomic E-state index is 10.8. The van der Waals surface area contributed by atoms with Gasteiger partial charge in [0.1, 0.15) is 6.29 Å². The molecular formula is C20H16O. The Morgan fingerprint density at radius 1 is 0.667 bits per heavy atom. The van der Waals surface area contributed by atoms with Crippen molar-refractivity contribution in [2.45, 2.75) is 6.42 Å². The molecule has 3 aromatic carbocycles. The summed E-state index contributed by atoms with van der Waals surface area (Å²) in [6, 6.07) is 26.6. The standard InChI is InChI=1S/C20H16O/c21-15-18-7-4-8-20(14-18)19-11-9-17(10-12-19)13-16-5-2-1-3-6-16/h1-12,14-15H,13H2. The van der Waals surface area contributed by atoms with Gasteiger partial charge in [0.2, 0.25) is 0 Å². The van der Waals surface area contributed by atoms with Crippen LogP contribution in [-0.2, 0) is 6.42 Å². The van der Waals surface area contributed by atoms with E-state index in [1.54, 1.807) is 0 Å². The first-order valence-corrected chi connectivity index (χ1v) is 7.03. The van der Waals surface area contributed by atoms with Gasteiger partial charge in [-0.05, 0) is 34.7 Å². The first kappa shape index (κ1) is 13.3. The van der Waals surface area contributed by atoms with Gasteiger partial charge < -0.3 is 0 Å². The summed E-state index contributed by atoms with van der Waals surface area (Å²) in [5.74, 6) is 0. The van der Waals surface area contributed by atoms with Gasteiger partial charge in [0.05, 0.1) is 0 Å². The van der Waals surface area contributed by atoms with Gasteiger partial charge in [0.25, 0.3) is 0 Å². The second kappa shape index (κ2) is 6.19. The Morgan fingerprint density at radius 3 is 2.10 bits per heavy atom. The molecule has 3 rings (SSSR count). The van der Waals surface area contributed by atoms with Crippen LogP contribution in [0.15, 0.2) is 78.9 Å². The third-order valence-corrected chi connectivity index (χ3v) is 3.56. The molecule has 21 heavy (non-hydrogen) atoms. The van der Waals surface area contributed by atoms with Crippen molar-refractivity contribution in [2.24, 2.45) is 0 Å². The van der Waals surface area contributed by atoms with Gasteiger partial charge in [-0.3, -0.25) is 4.79 Å². The van der Waals surface area contributed by atoms with E-state index in [2.05, 4.69) is 48.5 Å². The number of aldehydes is 1. The Morgan fingerprint density at radius 2 is 1.38 bits per heavy atom. The zero-order valence-corrected chi connectivity index (χ0v) is 11.7. The van der Waals surface area contributed by atoms with Crippen molar-refractivity contribution in [1.82, 2.24) is 0 Å². The number of hydrogen-bond acceptors (Lipinski definition) is 1. The fourth-order valence-electron chi connectivity index (χ4n) is 2.44. The van der Waals surface area contributed by atoms with E-state index in [4.69, 9.17) is 0 Å². The molecule has 0 heterocycles. The second-order valence-electron chi connectivity index (χ2n) is 5.10. The molecule has 0 aromatic heterocycles. The predicted octanol–water partition coefficient (Wildman–Crippen LogP) is 4.76. The molecule has 102 valence electrons. The van der Waals surface area contributed by atoms with Crippen molar-refractivity contribution in [3.63, 3.8) is 0 Å². The van der Waals surface area contributed by atoms with Gasteiger partial charge in [0, 0.05) is 5.56 Å². The predicted molar refractivity (Wildman–Crippen MR) is 86.5 cm³/mol. The Labute approximate surface area is 124 Å². The summed E-state index contributed by atoms with van der Waals surface area (Å²) in [5.41, 5.74) is 5.52. The minimum absolute atomic E-state index is 0.709. The normalized spacial score (nSPS) is 10.3. The highest BCUT2D eigenvalue weighted by atomic mass is 16.1. The SMILES string of the molecule is O=Cc1cccc(-c2ccc(Cc3ccccc3)cc2)c1. The first-order valence-electron chi connectivity index (χ1n) is 7.03. The quantitative estimate of drug-likeness (QED) is 0.626. The van der Waals surface area contributed by atoms with E-state index in [1.807, 2.05) is 30.3 Å². The van der Waals surface area contributed by atoms with Crippen LogP contribution >= 0.6 is 0 Å².